The van der Waals surface area contributed by atoms with Crippen molar-refractivity contribution in [3.63, 3.8) is 0 Å². The summed E-state index contributed by atoms with van der Waals surface area (Å²) in [6, 6.07) is 102. The minimum Gasteiger partial charge on any atom is -0.327 e. The number of nitrogens with zero attached hydrogens (tertiary/aromatic N) is 5. The van der Waals surface area contributed by atoms with E-state index in [4.69, 9.17) is 9.97 Å². The van der Waals surface area contributed by atoms with Crippen LogP contribution < -0.4 is 46.4 Å². The van der Waals surface area contributed by atoms with Gasteiger partial charge >= 0.3 is 0 Å². The molecule has 0 saturated carbocycles. The quantitative estimate of drug-likeness (QED) is 0.107. The van der Waals surface area contributed by atoms with Crippen molar-refractivity contribution in [3.8, 4) is 17.1 Å². The van der Waals surface area contributed by atoms with Gasteiger partial charge in [0.15, 0.2) is 16.1 Å². The lowest BCUT2D eigenvalue weighted by Crippen LogP contribution is -2.78. The van der Waals surface area contributed by atoms with Crippen LogP contribution in [0.5, 0.6) is 0 Å². The Labute approximate surface area is 432 Å². The van der Waals surface area contributed by atoms with Crippen molar-refractivity contribution < 1.29 is 0 Å². The molecule has 1 aliphatic heterocycles. The molecule has 5 nitrogen and oxygen atoms in total. The number of hydrogen-bond donors (Lipinski definition) is 0. The van der Waals surface area contributed by atoms with Gasteiger partial charge in [0, 0.05) is 51.8 Å². The number of rotatable bonds is 9. The summed E-state index contributed by atoms with van der Waals surface area (Å²) in [5.74, 6) is 1.81. The predicted molar refractivity (Wildman–Crippen MR) is 314 cm³/mol. The molecule has 0 unspecified atom stereocenters. The van der Waals surface area contributed by atoms with Crippen LogP contribution in [-0.4, -0.2) is 35.2 Å². The first-order chi connectivity index (χ1) is 36.7. The summed E-state index contributed by atoms with van der Waals surface area (Å²) in [6.07, 6.45) is 1.94. The molecule has 0 saturated heterocycles. The Bertz CT molecular complexity index is 4120. The number of anilines is 3. The van der Waals surface area contributed by atoms with Crippen LogP contribution in [0.3, 0.4) is 0 Å². The predicted octanol–water partition coefficient (Wildman–Crippen LogP) is 10.3. The van der Waals surface area contributed by atoms with Crippen molar-refractivity contribution in [2.24, 2.45) is 7.05 Å². The zero-order valence-corrected chi connectivity index (χ0v) is 42.8. The number of aromatic nitrogens is 4. The first-order valence-electron chi connectivity index (χ1n) is 25.4. The van der Waals surface area contributed by atoms with E-state index >= 15 is 0 Å². The Morgan fingerprint density at radius 1 is 0.459 bits per heavy atom. The number of hydrogen-bond acceptors (Lipinski definition) is 3. The molecule has 0 atom stereocenters. The maximum atomic E-state index is 5.31. The van der Waals surface area contributed by atoms with E-state index in [1.165, 1.54) is 57.8 Å². The van der Waals surface area contributed by atoms with E-state index in [1.54, 1.807) is 0 Å². The maximum absolute atomic E-state index is 5.31. The molecule has 3 aromatic heterocycles. The molecule has 350 valence electrons. The Balaban J connectivity index is 1.26. The number of aryl methyl sites for hydroxylation is 1. The van der Waals surface area contributed by atoms with Gasteiger partial charge in [-0.2, -0.15) is 0 Å². The van der Waals surface area contributed by atoms with Gasteiger partial charge < -0.3 is 9.13 Å². The molecule has 1 aliphatic rings. The molecule has 0 bridgehead atoms. The molecule has 0 radical (unpaired) electrons. The summed E-state index contributed by atoms with van der Waals surface area (Å²) in [5.41, 5.74) is 8.93. The van der Waals surface area contributed by atoms with Gasteiger partial charge in [-0.05, 0) is 90.9 Å². The second-order valence-electron chi connectivity index (χ2n) is 19.3. The van der Waals surface area contributed by atoms with Gasteiger partial charge in [0.1, 0.15) is 11.6 Å². The molecule has 0 N–H and O–H groups in total. The van der Waals surface area contributed by atoms with E-state index in [1.807, 2.05) is 12.3 Å². The van der Waals surface area contributed by atoms with Crippen LogP contribution in [0, 0.1) is 0 Å². The van der Waals surface area contributed by atoms with Crippen LogP contribution >= 0.6 is 0 Å². The number of para-hydroxylation sites is 5. The second kappa shape index (κ2) is 17.6. The fourth-order valence-corrected chi connectivity index (χ4v) is 22.9. The lowest BCUT2D eigenvalue weighted by Gasteiger charge is -2.46. The van der Waals surface area contributed by atoms with E-state index in [-0.39, 0.29) is 0 Å². The fraction of sp³-hybridized carbons (Fsp3) is 0.0149. The topological polar surface area (TPSA) is 38.9 Å². The van der Waals surface area contributed by atoms with Crippen molar-refractivity contribution in [1.29, 1.82) is 0 Å². The van der Waals surface area contributed by atoms with Crippen LogP contribution in [0.1, 0.15) is 0 Å². The molecule has 10 aromatic carbocycles. The van der Waals surface area contributed by atoms with Gasteiger partial charge in [-0.1, -0.05) is 218 Å². The highest BCUT2D eigenvalue weighted by atomic mass is 28.3. The third-order valence-electron chi connectivity index (χ3n) is 15.5. The molecule has 4 heterocycles. The highest BCUT2D eigenvalue weighted by molar-refractivity contribution is 7.23. The monoisotopic (exact) mass is 979 g/mol. The van der Waals surface area contributed by atoms with Crippen LogP contribution in [0.15, 0.2) is 279 Å². The van der Waals surface area contributed by atoms with E-state index < -0.39 is 16.1 Å². The van der Waals surface area contributed by atoms with Gasteiger partial charge in [0.2, 0.25) is 0 Å². The van der Waals surface area contributed by atoms with Crippen molar-refractivity contribution in [3.05, 3.63) is 279 Å². The first-order valence-corrected chi connectivity index (χ1v) is 29.4. The van der Waals surface area contributed by atoms with Crippen LogP contribution in [0.4, 0.5) is 17.2 Å². The minimum absolute atomic E-state index is 0.869. The number of pyridine rings is 1. The summed E-state index contributed by atoms with van der Waals surface area (Å²) in [5, 5.41) is 12.9. The molecule has 0 spiro atoms. The lowest BCUT2D eigenvalue weighted by atomic mass is 10.1. The van der Waals surface area contributed by atoms with Gasteiger partial charge in [-0.3, -0.25) is 4.90 Å². The average Bonchev–Trinajstić information content (AvgIpc) is 4.17. The maximum Gasteiger partial charge on any atom is 0.186 e. The first kappa shape index (κ1) is 43.6. The van der Waals surface area contributed by atoms with Crippen molar-refractivity contribution >= 4 is 108 Å². The molecule has 0 aliphatic carbocycles. The highest BCUT2D eigenvalue weighted by Gasteiger charge is 2.53. The Kier molecular flexibility index (Phi) is 10.4. The Morgan fingerprint density at radius 3 is 1.69 bits per heavy atom. The number of benzene rings is 10. The molecule has 7 heteroatoms. The van der Waals surface area contributed by atoms with E-state index in [0.717, 1.165) is 50.8 Å². The van der Waals surface area contributed by atoms with Crippen molar-refractivity contribution in [1.82, 2.24) is 19.1 Å². The zero-order valence-electron chi connectivity index (χ0n) is 40.8. The second-order valence-corrected chi connectivity index (χ2v) is 26.8. The standard InChI is InChI=1S/C67H49N5Si2/c1-70-58-41-20-18-39-56(58)69-67(70)48-26-25-37-54(46-48)73(50-29-9-3-10-30-50,51-31-11-4-12-32-51)62-47-60-66(65-64(62)55-38-17-19-40-57(55)71(65)49-27-7-2-8-28-49)74(52-33-13-5-14-34-52,53-35-15-6-16-36-53)61-43-22-21-42-59(61)72(60)63-44-23-24-45-68-63/h2-47H,1H3. The zero-order chi connectivity index (χ0) is 49.2. The van der Waals surface area contributed by atoms with Gasteiger partial charge in [0.25, 0.3) is 0 Å². The average molecular weight is 980 g/mol. The summed E-state index contributed by atoms with van der Waals surface area (Å²) in [7, 11) is -4.64. The van der Waals surface area contributed by atoms with E-state index in [0.29, 0.717) is 0 Å². The summed E-state index contributed by atoms with van der Waals surface area (Å²) in [6.45, 7) is 0. The molecular weight excluding hydrogens is 931 g/mol. The van der Waals surface area contributed by atoms with Gasteiger partial charge in [-0.15, -0.1) is 0 Å². The van der Waals surface area contributed by atoms with Gasteiger partial charge in [-0.25, -0.2) is 9.97 Å². The molecule has 74 heavy (non-hydrogen) atoms. The smallest absolute Gasteiger partial charge is 0.186 e. The molecule has 13 aromatic rings. The van der Waals surface area contributed by atoms with Gasteiger partial charge in [0.05, 0.1) is 22.1 Å². The summed E-state index contributed by atoms with van der Waals surface area (Å²) >= 11 is 0. The summed E-state index contributed by atoms with van der Waals surface area (Å²) in [4.78, 5) is 13.1. The van der Waals surface area contributed by atoms with E-state index in [2.05, 4.69) is 288 Å². The molecular formula is C67H49N5Si2. The molecule has 0 amide bonds. The molecule has 0 fully saturated rings. The lowest BCUT2D eigenvalue weighted by molar-refractivity contribution is 0.959. The largest absolute Gasteiger partial charge is 0.327 e. The third kappa shape index (κ3) is 6.40. The molecule has 14 rings (SSSR count). The number of fused-ring (bicyclic) bond motifs is 7. The highest BCUT2D eigenvalue weighted by Crippen LogP contribution is 2.42. The minimum atomic E-state index is -3.46. The Hall–Kier alpha value is -9.15. The SMILES string of the molecule is Cn1c(-c2cccc([Si](c3ccccc3)(c3ccccc3)c3cc4c(c5c3c3ccccc3n5-c3ccccc3)[Si](c3ccccc3)(c3ccccc3)c3ccccc3N4c3ccccn3)c2)nc2ccccc21. The summed E-state index contributed by atoms with van der Waals surface area (Å²) < 4.78 is 4.85. The Morgan fingerprint density at radius 2 is 1.03 bits per heavy atom. The third-order valence-corrected chi connectivity index (χ3v) is 25.2. The number of imidazole rings is 1. The van der Waals surface area contributed by atoms with Crippen LogP contribution in [0.25, 0.3) is 49.9 Å². The van der Waals surface area contributed by atoms with E-state index in [9.17, 15) is 0 Å². The van der Waals surface area contributed by atoms with Crippen molar-refractivity contribution in [2.75, 3.05) is 4.90 Å². The van der Waals surface area contributed by atoms with Crippen LogP contribution in [-0.2, 0) is 7.05 Å². The van der Waals surface area contributed by atoms with Crippen molar-refractivity contribution in [2.45, 2.75) is 0 Å². The van der Waals surface area contributed by atoms with Crippen LogP contribution in [0.2, 0.25) is 0 Å². The normalized spacial score (nSPS) is 13.0. The fourth-order valence-electron chi connectivity index (χ4n) is 12.6.